The fourth-order valence-corrected chi connectivity index (χ4v) is 3.29. The first-order chi connectivity index (χ1) is 11.5. The van der Waals surface area contributed by atoms with E-state index in [1.807, 2.05) is 24.3 Å². The Bertz CT molecular complexity index is 804. The van der Waals surface area contributed by atoms with Crippen molar-refractivity contribution >= 4 is 57.3 Å². The second-order valence-electron chi connectivity index (χ2n) is 5.04. The number of hydrogen-bond donors (Lipinski definition) is 2. The van der Waals surface area contributed by atoms with E-state index in [1.165, 1.54) is 17.0 Å². The Hall–Kier alpha value is -2.00. The van der Waals surface area contributed by atoms with Crippen LogP contribution in [0.1, 0.15) is 5.56 Å². The lowest BCUT2D eigenvalue weighted by Gasteiger charge is -2.14. The molecule has 1 fully saturated rings. The molecule has 0 aliphatic carbocycles. The standard InChI is InChI=1S/C17H13IN2O3S/c18-12-3-5-13(6-4-12)19-10-20-16(22)15(24-17(20)23)9-11-1-7-14(21)8-2-11/h1-9,19,21H,10H2/b15-9+. The van der Waals surface area contributed by atoms with E-state index in [4.69, 9.17) is 0 Å². The van der Waals surface area contributed by atoms with Gasteiger partial charge < -0.3 is 10.4 Å². The summed E-state index contributed by atoms with van der Waals surface area (Å²) in [6.07, 6.45) is 1.65. The third-order valence-electron chi connectivity index (χ3n) is 3.35. The van der Waals surface area contributed by atoms with Crippen molar-refractivity contribution < 1.29 is 14.7 Å². The molecule has 5 nitrogen and oxygen atoms in total. The van der Waals surface area contributed by atoms with Crippen LogP contribution in [0.15, 0.2) is 53.4 Å². The van der Waals surface area contributed by atoms with E-state index in [0.29, 0.717) is 4.91 Å². The van der Waals surface area contributed by atoms with Gasteiger partial charge in [0, 0.05) is 9.26 Å². The zero-order valence-electron chi connectivity index (χ0n) is 12.4. The minimum Gasteiger partial charge on any atom is -0.508 e. The van der Waals surface area contributed by atoms with E-state index in [1.54, 1.807) is 18.2 Å². The molecule has 7 heteroatoms. The van der Waals surface area contributed by atoms with Crippen LogP contribution < -0.4 is 5.32 Å². The Kier molecular flexibility index (Phi) is 5.10. The van der Waals surface area contributed by atoms with Crippen molar-refractivity contribution in [2.24, 2.45) is 0 Å². The highest BCUT2D eigenvalue weighted by molar-refractivity contribution is 14.1. The van der Waals surface area contributed by atoms with Crippen molar-refractivity contribution in [1.82, 2.24) is 4.90 Å². The summed E-state index contributed by atoms with van der Waals surface area (Å²) < 4.78 is 1.11. The van der Waals surface area contributed by atoms with E-state index in [2.05, 4.69) is 27.9 Å². The number of thioether (sulfide) groups is 1. The highest BCUT2D eigenvalue weighted by atomic mass is 127. The van der Waals surface area contributed by atoms with E-state index in [9.17, 15) is 14.7 Å². The molecule has 1 heterocycles. The molecule has 3 rings (SSSR count). The number of phenolic OH excluding ortho intramolecular Hbond substituents is 1. The molecule has 2 amide bonds. The first-order valence-corrected chi connectivity index (χ1v) is 8.96. The maximum absolute atomic E-state index is 12.4. The summed E-state index contributed by atoms with van der Waals surface area (Å²) in [6.45, 7) is 0.123. The number of amides is 2. The number of phenols is 1. The maximum Gasteiger partial charge on any atom is 0.295 e. The summed E-state index contributed by atoms with van der Waals surface area (Å²) >= 11 is 3.12. The van der Waals surface area contributed by atoms with Gasteiger partial charge in [0.05, 0.1) is 11.6 Å². The van der Waals surface area contributed by atoms with Crippen molar-refractivity contribution in [3.8, 4) is 5.75 Å². The smallest absolute Gasteiger partial charge is 0.295 e. The number of nitrogens with one attached hydrogen (secondary N) is 1. The minimum absolute atomic E-state index is 0.123. The Morgan fingerprint density at radius 2 is 1.75 bits per heavy atom. The van der Waals surface area contributed by atoms with Gasteiger partial charge in [0.1, 0.15) is 5.75 Å². The largest absolute Gasteiger partial charge is 0.508 e. The molecule has 1 aliphatic heterocycles. The lowest BCUT2D eigenvalue weighted by molar-refractivity contribution is -0.122. The third-order valence-corrected chi connectivity index (χ3v) is 4.98. The van der Waals surface area contributed by atoms with Gasteiger partial charge in [-0.05, 0) is 82.4 Å². The van der Waals surface area contributed by atoms with Gasteiger partial charge in [-0.1, -0.05) is 12.1 Å². The zero-order valence-corrected chi connectivity index (χ0v) is 15.4. The molecule has 0 bridgehead atoms. The summed E-state index contributed by atoms with van der Waals surface area (Å²) in [6, 6.07) is 14.1. The van der Waals surface area contributed by atoms with Crippen molar-refractivity contribution in [3.63, 3.8) is 0 Å². The van der Waals surface area contributed by atoms with E-state index >= 15 is 0 Å². The van der Waals surface area contributed by atoms with E-state index in [0.717, 1.165) is 26.6 Å². The average molecular weight is 452 g/mol. The lowest BCUT2D eigenvalue weighted by Crippen LogP contribution is -2.33. The molecule has 2 N–H and O–H groups in total. The summed E-state index contributed by atoms with van der Waals surface area (Å²) in [4.78, 5) is 26.0. The lowest BCUT2D eigenvalue weighted by atomic mass is 10.2. The Morgan fingerprint density at radius 3 is 2.42 bits per heavy atom. The van der Waals surface area contributed by atoms with Crippen LogP contribution in [0.5, 0.6) is 5.75 Å². The van der Waals surface area contributed by atoms with Crippen LogP contribution in [0.3, 0.4) is 0 Å². The molecule has 0 aromatic heterocycles. The second-order valence-corrected chi connectivity index (χ2v) is 7.28. The van der Waals surface area contributed by atoms with Crippen molar-refractivity contribution in [1.29, 1.82) is 0 Å². The quantitative estimate of drug-likeness (QED) is 0.540. The Balaban J connectivity index is 1.69. The van der Waals surface area contributed by atoms with Gasteiger partial charge in [-0.15, -0.1) is 0 Å². The van der Waals surface area contributed by atoms with Gasteiger partial charge in [-0.2, -0.15) is 0 Å². The maximum atomic E-state index is 12.4. The van der Waals surface area contributed by atoms with Gasteiger partial charge in [-0.25, -0.2) is 0 Å². The van der Waals surface area contributed by atoms with E-state index in [-0.39, 0.29) is 23.6 Å². The first kappa shape index (κ1) is 16.8. The van der Waals surface area contributed by atoms with Crippen LogP contribution >= 0.6 is 34.4 Å². The number of nitrogens with zero attached hydrogens (tertiary/aromatic N) is 1. The monoisotopic (exact) mass is 452 g/mol. The average Bonchev–Trinajstić information content (AvgIpc) is 2.83. The SMILES string of the molecule is O=C1S/C(=C/c2ccc(O)cc2)C(=O)N1CNc1ccc(I)cc1. The number of rotatable bonds is 4. The third kappa shape index (κ3) is 3.90. The summed E-state index contributed by atoms with van der Waals surface area (Å²) in [5.41, 5.74) is 1.60. The highest BCUT2D eigenvalue weighted by Crippen LogP contribution is 2.32. The molecule has 1 aliphatic rings. The first-order valence-electron chi connectivity index (χ1n) is 7.07. The molecule has 122 valence electrons. The van der Waals surface area contributed by atoms with Gasteiger partial charge in [0.15, 0.2) is 0 Å². The fourth-order valence-electron chi connectivity index (χ4n) is 2.10. The van der Waals surface area contributed by atoms with Gasteiger partial charge in [0.25, 0.3) is 11.1 Å². The van der Waals surface area contributed by atoms with Crippen molar-refractivity contribution in [2.45, 2.75) is 0 Å². The van der Waals surface area contributed by atoms with Gasteiger partial charge in [0.2, 0.25) is 0 Å². The predicted molar refractivity (Wildman–Crippen MR) is 104 cm³/mol. The molecule has 0 radical (unpaired) electrons. The Labute approximate surface area is 156 Å². The van der Waals surface area contributed by atoms with Crippen molar-refractivity contribution in [2.75, 3.05) is 12.0 Å². The number of benzene rings is 2. The molecule has 0 unspecified atom stereocenters. The molecular weight excluding hydrogens is 439 g/mol. The molecule has 2 aromatic rings. The molecular formula is C17H13IN2O3S. The van der Waals surface area contributed by atoms with Crippen LogP contribution in [0, 0.1) is 3.57 Å². The number of hydrogen-bond acceptors (Lipinski definition) is 5. The molecule has 2 aromatic carbocycles. The van der Waals surface area contributed by atoms with Gasteiger partial charge >= 0.3 is 0 Å². The number of carbonyl (C=O) groups is 2. The number of imide groups is 1. The summed E-state index contributed by atoms with van der Waals surface area (Å²) in [7, 11) is 0. The van der Waals surface area contributed by atoms with Crippen LogP contribution in [0.4, 0.5) is 10.5 Å². The number of halogens is 1. The fraction of sp³-hybridized carbons (Fsp3) is 0.0588. The zero-order chi connectivity index (χ0) is 17.1. The van der Waals surface area contributed by atoms with Crippen LogP contribution in [0.25, 0.3) is 6.08 Å². The highest BCUT2D eigenvalue weighted by Gasteiger charge is 2.34. The van der Waals surface area contributed by atoms with Crippen LogP contribution in [-0.4, -0.2) is 27.8 Å². The Morgan fingerprint density at radius 1 is 1.08 bits per heavy atom. The summed E-state index contributed by atoms with van der Waals surface area (Å²) in [5.74, 6) is -0.168. The topological polar surface area (TPSA) is 69.6 Å². The molecule has 24 heavy (non-hydrogen) atoms. The van der Waals surface area contributed by atoms with Crippen molar-refractivity contribution in [3.05, 3.63) is 62.6 Å². The number of aromatic hydroxyl groups is 1. The number of anilines is 1. The number of carbonyl (C=O) groups excluding carboxylic acids is 2. The van der Waals surface area contributed by atoms with E-state index < -0.39 is 0 Å². The van der Waals surface area contributed by atoms with Crippen LogP contribution in [-0.2, 0) is 4.79 Å². The molecule has 1 saturated heterocycles. The normalized spacial score (nSPS) is 16.0. The molecule has 0 saturated carbocycles. The van der Waals surface area contributed by atoms with Crippen LogP contribution in [0.2, 0.25) is 0 Å². The second kappa shape index (κ2) is 7.27. The van der Waals surface area contributed by atoms with Gasteiger partial charge in [-0.3, -0.25) is 14.5 Å². The molecule has 0 spiro atoms. The molecule has 0 atom stereocenters. The predicted octanol–water partition coefficient (Wildman–Crippen LogP) is 4.10. The summed E-state index contributed by atoms with van der Waals surface area (Å²) in [5, 5.41) is 12.1. The minimum atomic E-state index is -0.323.